The number of oxazole rings is 1. The van der Waals surface area contributed by atoms with E-state index in [1.807, 2.05) is 23.1 Å². The summed E-state index contributed by atoms with van der Waals surface area (Å²) in [6.07, 6.45) is 2.65. The SMILES string of the molecule is NCc1ncoc1-c1cc2c(s1)CCSC2. The minimum Gasteiger partial charge on any atom is -0.442 e. The van der Waals surface area contributed by atoms with E-state index in [1.54, 1.807) is 0 Å². The van der Waals surface area contributed by atoms with Crippen molar-refractivity contribution in [3.63, 3.8) is 0 Å². The summed E-state index contributed by atoms with van der Waals surface area (Å²) in [6, 6.07) is 2.23. The molecule has 84 valence electrons. The molecular weight excluding hydrogens is 240 g/mol. The molecule has 2 aromatic heterocycles. The second kappa shape index (κ2) is 4.24. The van der Waals surface area contributed by atoms with E-state index in [0.29, 0.717) is 6.54 Å². The number of thiophene rings is 1. The average molecular weight is 252 g/mol. The van der Waals surface area contributed by atoms with Gasteiger partial charge in [0.2, 0.25) is 0 Å². The van der Waals surface area contributed by atoms with Crippen molar-refractivity contribution in [1.29, 1.82) is 0 Å². The van der Waals surface area contributed by atoms with E-state index in [2.05, 4.69) is 11.1 Å². The predicted octanol–water partition coefficient (Wildman–Crippen LogP) is 2.65. The van der Waals surface area contributed by atoms with Gasteiger partial charge in [0.05, 0.1) is 4.88 Å². The minimum absolute atomic E-state index is 0.434. The Morgan fingerprint density at radius 3 is 3.25 bits per heavy atom. The van der Waals surface area contributed by atoms with Crippen LogP contribution in [-0.4, -0.2) is 10.7 Å². The molecule has 0 amide bonds. The van der Waals surface area contributed by atoms with Crippen molar-refractivity contribution in [1.82, 2.24) is 4.98 Å². The molecule has 0 spiro atoms. The number of rotatable bonds is 2. The highest BCUT2D eigenvalue weighted by molar-refractivity contribution is 7.98. The van der Waals surface area contributed by atoms with Crippen molar-refractivity contribution in [3.8, 4) is 10.6 Å². The summed E-state index contributed by atoms with van der Waals surface area (Å²) in [7, 11) is 0. The summed E-state index contributed by atoms with van der Waals surface area (Å²) in [4.78, 5) is 6.79. The molecule has 3 nitrogen and oxygen atoms in total. The summed E-state index contributed by atoms with van der Waals surface area (Å²) in [5, 5.41) is 0. The van der Waals surface area contributed by atoms with Gasteiger partial charge in [-0.25, -0.2) is 4.98 Å². The van der Waals surface area contributed by atoms with Gasteiger partial charge >= 0.3 is 0 Å². The van der Waals surface area contributed by atoms with E-state index in [9.17, 15) is 0 Å². The van der Waals surface area contributed by atoms with Gasteiger partial charge in [0, 0.05) is 17.2 Å². The molecule has 0 fully saturated rings. The molecule has 0 radical (unpaired) electrons. The van der Waals surface area contributed by atoms with Crippen LogP contribution in [0.2, 0.25) is 0 Å². The van der Waals surface area contributed by atoms with Crippen LogP contribution in [0.15, 0.2) is 16.9 Å². The first-order chi connectivity index (χ1) is 7.88. The highest BCUT2D eigenvalue weighted by atomic mass is 32.2. The Labute approximate surface area is 102 Å². The lowest BCUT2D eigenvalue weighted by atomic mass is 10.2. The van der Waals surface area contributed by atoms with Crippen LogP contribution in [0.1, 0.15) is 16.1 Å². The molecule has 1 aliphatic heterocycles. The molecule has 16 heavy (non-hydrogen) atoms. The standard InChI is InChI=1S/C11H12N2OS2/c12-4-8-11(14-6-13-8)10-3-7-5-15-2-1-9(7)16-10/h3,6H,1-2,4-5,12H2. The third kappa shape index (κ3) is 1.69. The smallest absolute Gasteiger partial charge is 0.181 e. The lowest BCUT2D eigenvalue weighted by molar-refractivity contribution is 0.572. The van der Waals surface area contributed by atoms with Crippen molar-refractivity contribution in [2.45, 2.75) is 18.7 Å². The van der Waals surface area contributed by atoms with Crippen molar-refractivity contribution >= 4 is 23.1 Å². The Hall–Kier alpha value is -0.780. The van der Waals surface area contributed by atoms with Crippen molar-refractivity contribution in [2.24, 2.45) is 5.73 Å². The van der Waals surface area contributed by atoms with Gasteiger partial charge in [-0.1, -0.05) is 0 Å². The molecule has 1 aliphatic rings. The molecule has 0 bridgehead atoms. The highest BCUT2D eigenvalue weighted by Crippen LogP contribution is 2.37. The first-order valence-electron chi connectivity index (χ1n) is 5.20. The first kappa shape index (κ1) is 10.4. The predicted molar refractivity (Wildman–Crippen MR) is 67.6 cm³/mol. The second-order valence-corrected chi connectivity index (χ2v) is 5.94. The zero-order valence-electron chi connectivity index (χ0n) is 8.73. The quantitative estimate of drug-likeness (QED) is 0.892. The summed E-state index contributed by atoms with van der Waals surface area (Å²) in [6.45, 7) is 0.434. The fourth-order valence-electron chi connectivity index (χ4n) is 1.87. The number of hydrogen-bond donors (Lipinski definition) is 1. The van der Waals surface area contributed by atoms with Gasteiger partial charge < -0.3 is 10.2 Å². The summed E-state index contributed by atoms with van der Waals surface area (Å²) in [5.41, 5.74) is 7.94. The van der Waals surface area contributed by atoms with E-state index in [-0.39, 0.29) is 0 Å². The maximum Gasteiger partial charge on any atom is 0.181 e. The van der Waals surface area contributed by atoms with Gasteiger partial charge in [-0.15, -0.1) is 11.3 Å². The molecule has 2 aromatic rings. The molecule has 3 heterocycles. The monoisotopic (exact) mass is 252 g/mol. The minimum atomic E-state index is 0.434. The Morgan fingerprint density at radius 2 is 2.44 bits per heavy atom. The highest BCUT2D eigenvalue weighted by Gasteiger charge is 2.18. The molecular formula is C11H12N2OS2. The fraction of sp³-hybridized carbons (Fsp3) is 0.364. The van der Waals surface area contributed by atoms with Crippen LogP contribution in [-0.2, 0) is 18.7 Å². The Bertz CT molecular complexity index is 480. The van der Waals surface area contributed by atoms with Gasteiger partial charge in [-0.05, 0) is 23.8 Å². The zero-order chi connectivity index (χ0) is 11.0. The largest absolute Gasteiger partial charge is 0.442 e. The number of aromatic nitrogens is 1. The van der Waals surface area contributed by atoms with E-state index in [0.717, 1.165) is 17.2 Å². The van der Waals surface area contributed by atoms with E-state index < -0.39 is 0 Å². The van der Waals surface area contributed by atoms with Gasteiger partial charge in [-0.3, -0.25) is 0 Å². The number of hydrogen-bond acceptors (Lipinski definition) is 5. The number of thioether (sulfide) groups is 1. The summed E-state index contributed by atoms with van der Waals surface area (Å²) in [5.74, 6) is 3.21. The molecule has 5 heteroatoms. The molecule has 0 aliphatic carbocycles. The summed E-state index contributed by atoms with van der Waals surface area (Å²) < 4.78 is 5.43. The molecule has 0 atom stereocenters. The lowest BCUT2D eigenvalue weighted by Gasteiger charge is -2.08. The Kier molecular flexibility index (Phi) is 2.75. The summed E-state index contributed by atoms with van der Waals surface area (Å²) >= 11 is 3.81. The van der Waals surface area contributed by atoms with Crippen molar-refractivity contribution < 1.29 is 4.42 Å². The lowest BCUT2D eigenvalue weighted by Crippen LogP contribution is -1.97. The zero-order valence-corrected chi connectivity index (χ0v) is 10.4. The number of nitrogens with zero attached hydrogens (tertiary/aromatic N) is 1. The molecule has 0 aromatic carbocycles. The van der Waals surface area contributed by atoms with Crippen LogP contribution in [0.3, 0.4) is 0 Å². The first-order valence-corrected chi connectivity index (χ1v) is 7.17. The average Bonchev–Trinajstić information content (AvgIpc) is 2.94. The maximum absolute atomic E-state index is 5.63. The number of nitrogens with two attached hydrogens (primary N) is 1. The van der Waals surface area contributed by atoms with E-state index in [1.165, 1.54) is 33.9 Å². The Balaban J connectivity index is 2.03. The number of aryl methyl sites for hydroxylation is 1. The van der Waals surface area contributed by atoms with Crippen molar-refractivity contribution in [2.75, 3.05) is 5.75 Å². The van der Waals surface area contributed by atoms with Gasteiger partial charge in [0.1, 0.15) is 5.69 Å². The maximum atomic E-state index is 5.63. The van der Waals surface area contributed by atoms with E-state index >= 15 is 0 Å². The van der Waals surface area contributed by atoms with Crippen LogP contribution in [0.5, 0.6) is 0 Å². The van der Waals surface area contributed by atoms with Gasteiger partial charge in [-0.2, -0.15) is 11.8 Å². The van der Waals surface area contributed by atoms with Crippen molar-refractivity contribution in [3.05, 3.63) is 28.6 Å². The second-order valence-electron chi connectivity index (χ2n) is 3.69. The normalized spacial score (nSPS) is 15.1. The van der Waals surface area contributed by atoms with Crippen LogP contribution in [0, 0.1) is 0 Å². The molecule has 0 saturated carbocycles. The van der Waals surface area contributed by atoms with E-state index in [4.69, 9.17) is 10.2 Å². The Morgan fingerprint density at radius 1 is 1.50 bits per heavy atom. The van der Waals surface area contributed by atoms with Gasteiger partial charge in [0.25, 0.3) is 0 Å². The molecule has 0 unspecified atom stereocenters. The van der Waals surface area contributed by atoms with Crippen LogP contribution in [0.25, 0.3) is 10.6 Å². The van der Waals surface area contributed by atoms with Gasteiger partial charge in [0.15, 0.2) is 12.2 Å². The third-order valence-corrected chi connectivity index (χ3v) is 4.93. The molecule has 2 N–H and O–H groups in total. The van der Waals surface area contributed by atoms with Crippen LogP contribution >= 0.6 is 23.1 Å². The molecule has 3 rings (SSSR count). The fourth-order valence-corrected chi connectivity index (χ4v) is 4.26. The molecule has 0 saturated heterocycles. The van der Waals surface area contributed by atoms with Crippen LogP contribution < -0.4 is 5.73 Å². The third-order valence-electron chi connectivity index (χ3n) is 2.69. The van der Waals surface area contributed by atoms with Crippen LogP contribution in [0.4, 0.5) is 0 Å². The number of fused-ring (bicyclic) bond motifs is 1. The topological polar surface area (TPSA) is 52.0 Å².